The van der Waals surface area contributed by atoms with E-state index in [1.807, 2.05) is 0 Å². The molecule has 0 amide bonds. The molecule has 1 nitrogen and oxygen atoms in total. The van der Waals surface area contributed by atoms with Crippen molar-refractivity contribution in [1.29, 1.82) is 0 Å². The van der Waals surface area contributed by atoms with Gasteiger partial charge in [-0.2, -0.15) is 0 Å². The number of fused-ring (bicyclic) bond motifs is 2. The lowest BCUT2D eigenvalue weighted by atomic mass is 9.46. The molecular weight excluding hydrogens is 136 g/mol. The summed E-state index contributed by atoms with van der Waals surface area (Å²) in [5.74, 6) is 2.01. The Morgan fingerprint density at radius 3 is 2.45 bits per heavy atom. The molecule has 3 fully saturated rings. The van der Waals surface area contributed by atoms with E-state index in [0.29, 0.717) is 17.3 Å². The molecule has 2 bridgehead atoms. The van der Waals surface area contributed by atoms with Gasteiger partial charge < -0.3 is 4.79 Å². The Kier molecular flexibility index (Phi) is 1.39. The topological polar surface area (TPSA) is 17.1 Å². The van der Waals surface area contributed by atoms with E-state index in [9.17, 15) is 4.79 Å². The highest BCUT2D eigenvalue weighted by Crippen LogP contribution is 2.60. The predicted octanol–water partition coefficient (Wildman–Crippen LogP) is 2.26. The first kappa shape index (κ1) is 7.33. The third-order valence-corrected chi connectivity index (χ3v) is 4.09. The van der Waals surface area contributed by atoms with Crippen LogP contribution in [0.15, 0.2) is 0 Å². The van der Waals surface area contributed by atoms with E-state index in [0.717, 1.165) is 12.3 Å². The molecule has 11 heavy (non-hydrogen) atoms. The molecule has 3 aliphatic carbocycles. The normalized spacial score (nSPS) is 46.2. The maximum atomic E-state index is 10.7. The van der Waals surface area contributed by atoms with Crippen molar-refractivity contribution >= 4 is 6.29 Å². The van der Waals surface area contributed by atoms with Gasteiger partial charge in [-0.05, 0) is 36.5 Å². The Bertz CT molecular complexity index is 181. The summed E-state index contributed by atoms with van der Waals surface area (Å²) in [4.78, 5) is 10.7. The van der Waals surface area contributed by atoms with E-state index >= 15 is 0 Å². The average molecular weight is 152 g/mol. The molecule has 0 N–H and O–H groups in total. The number of carbonyl (C=O) groups is 1. The van der Waals surface area contributed by atoms with Crippen LogP contribution in [0.3, 0.4) is 0 Å². The van der Waals surface area contributed by atoms with Crippen molar-refractivity contribution in [3.63, 3.8) is 0 Å². The van der Waals surface area contributed by atoms with Gasteiger partial charge in [-0.3, -0.25) is 0 Å². The first-order valence-corrected chi connectivity index (χ1v) is 4.61. The van der Waals surface area contributed by atoms with E-state index < -0.39 is 0 Å². The van der Waals surface area contributed by atoms with Gasteiger partial charge in [0.1, 0.15) is 6.29 Å². The minimum absolute atomic E-state index is 0.384. The molecule has 1 heteroatoms. The van der Waals surface area contributed by atoms with Crippen molar-refractivity contribution in [3.05, 3.63) is 0 Å². The van der Waals surface area contributed by atoms with Gasteiger partial charge in [0.15, 0.2) is 0 Å². The van der Waals surface area contributed by atoms with Crippen LogP contribution in [0, 0.1) is 23.2 Å². The molecule has 3 rings (SSSR count). The molecule has 0 aromatic heterocycles. The van der Waals surface area contributed by atoms with Crippen molar-refractivity contribution < 1.29 is 4.79 Å². The molecule has 3 atom stereocenters. The Hall–Kier alpha value is -0.330. The third-order valence-electron chi connectivity index (χ3n) is 4.09. The van der Waals surface area contributed by atoms with Crippen LogP contribution in [0.1, 0.15) is 33.1 Å². The van der Waals surface area contributed by atoms with E-state index in [-0.39, 0.29) is 0 Å². The molecule has 0 aromatic carbocycles. The average Bonchev–Trinajstić information content (AvgIpc) is 2.04. The molecule has 0 spiro atoms. The first-order valence-electron chi connectivity index (χ1n) is 4.61. The second-order valence-electron chi connectivity index (χ2n) is 4.74. The van der Waals surface area contributed by atoms with Crippen LogP contribution < -0.4 is 0 Å². The minimum atomic E-state index is 0.384. The van der Waals surface area contributed by atoms with Crippen LogP contribution in [0.4, 0.5) is 0 Å². The van der Waals surface area contributed by atoms with Gasteiger partial charge in [-0.25, -0.2) is 0 Å². The van der Waals surface area contributed by atoms with Crippen LogP contribution >= 0.6 is 0 Å². The van der Waals surface area contributed by atoms with Crippen LogP contribution in [0.5, 0.6) is 0 Å². The van der Waals surface area contributed by atoms with E-state index in [1.165, 1.54) is 19.1 Å². The van der Waals surface area contributed by atoms with Crippen molar-refractivity contribution in [1.82, 2.24) is 0 Å². The van der Waals surface area contributed by atoms with Gasteiger partial charge >= 0.3 is 0 Å². The lowest BCUT2D eigenvalue weighted by Crippen LogP contribution is -2.52. The SMILES string of the molecule is CC1(C)[C@H]2CC[C@@H](C=O)[C@H]1C2. The molecule has 0 heterocycles. The largest absolute Gasteiger partial charge is 0.303 e. The van der Waals surface area contributed by atoms with E-state index in [1.54, 1.807) is 0 Å². The van der Waals surface area contributed by atoms with Crippen LogP contribution in [0.2, 0.25) is 0 Å². The summed E-state index contributed by atoms with van der Waals surface area (Å²) >= 11 is 0. The van der Waals surface area contributed by atoms with E-state index in [2.05, 4.69) is 13.8 Å². The van der Waals surface area contributed by atoms with Crippen molar-refractivity contribution in [2.24, 2.45) is 23.2 Å². The van der Waals surface area contributed by atoms with Crippen molar-refractivity contribution in [3.8, 4) is 0 Å². The highest BCUT2D eigenvalue weighted by Gasteiger charge is 2.53. The molecule has 0 aromatic rings. The fourth-order valence-corrected chi connectivity index (χ4v) is 3.03. The standard InChI is InChI=1S/C10H16O/c1-10(2)8-4-3-7(6-11)9(10)5-8/h6-9H,3-5H2,1-2H3/t7-,8-,9+/m0/s1. The highest BCUT2D eigenvalue weighted by atomic mass is 16.1. The number of rotatable bonds is 1. The van der Waals surface area contributed by atoms with E-state index in [4.69, 9.17) is 0 Å². The van der Waals surface area contributed by atoms with Gasteiger partial charge in [0, 0.05) is 5.92 Å². The Labute approximate surface area is 68.2 Å². The van der Waals surface area contributed by atoms with Crippen LogP contribution in [0.25, 0.3) is 0 Å². The Balaban J connectivity index is 2.16. The molecule has 3 aliphatic rings. The number of hydrogen-bond donors (Lipinski definition) is 0. The van der Waals surface area contributed by atoms with Gasteiger partial charge in [-0.1, -0.05) is 13.8 Å². The van der Waals surface area contributed by atoms with Crippen molar-refractivity contribution in [2.45, 2.75) is 33.1 Å². The molecule has 0 radical (unpaired) electrons. The van der Waals surface area contributed by atoms with Gasteiger partial charge in [0.2, 0.25) is 0 Å². The highest BCUT2D eigenvalue weighted by molar-refractivity contribution is 5.55. The molecule has 0 saturated heterocycles. The summed E-state index contributed by atoms with van der Waals surface area (Å²) in [7, 11) is 0. The Morgan fingerprint density at radius 2 is 2.09 bits per heavy atom. The third kappa shape index (κ3) is 0.800. The second kappa shape index (κ2) is 2.09. The smallest absolute Gasteiger partial charge is 0.123 e. The van der Waals surface area contributed by atoms with Crippen LogP contribution in [-0.2, 0) is 4.79 Å². The first-order chi connectivity index (χ1) is 5.16. The maximum absolute atomic E-state index is 10.7. The van der Waals surface area contributed by atoms with Crippen molar-refractivity contribution in [2.75, 3.05) is 0 Å². The lowest BCUT2D eigenvalue weighted by molar-refractivity contribution is -0.134. The number of carbonyl (C=O) groups excluding carboxylic acids is 1. The lowest BCUT2D eigenvalue weighted by Gasteiger charge is -2.59. The van der Waals surface area contributed by atoms with Gasteiger partial charge in [0.25, 0.3) is 0 Å². The maximum Gasteiger partial charge on any atom is 0.123 e. The summed E-state index contributed by atoms with van der Waals surface area (Å²) in [6.45, 7) is 4.64. The fraction of sp³-hybridized carbons (Fsp3) is 0.900. The zero-order valence-corrected chi connectivity index (χ0v) is 7.34. The molecular formula is C10H16O. The molecule has 62 valence electrons. The Morgan fingerprint density at radius 1 is 1.36 bits per heavy atom. The quantitative estimate of drug-likeness (QED) is 0.527. The second-order valence-corrected chi connectivity index (χ2v) is 4.74. The fourth-order valence-electron chi connectivity index (χ4n) is 3.03. The van der Waals surface area contributed by atoms with Gasteiger partial charge in [0.05, 0.1) is 0 Å². The zero-order chi connectivity index (χ0) is 8.06. The summed E-state index contributed by atoms with van der Waals surface area (Å²) in [5, 5.41) is 0. The molecule has 3 saturated carbocycles. The number of aldehydes is 1. The van der Waals surface area contributed by atoms with Crippen LogP contribution in [-0.4, -0.2) is 6.29 Å². The predicted molar refractivity (Wildman–Crippen MR) is 44.2 cm³/mol. The summed E-state index contributed by atoms with van der Waals surface area (Å²) in [5.41, 5.74) is 0.476. The summed E-state index contributed by atoms with van der Waals surface area (Å²) < 4.78 is 0. The summed E-state index contributed by atoms with van der Waals surface area (Å²) in [6, 6.07) is 0. The minimum Gasteiger partial charge on any atom is -0.303 e. The molecule has 0 aliphatic heterocycles. The number of hydrogen-bond acceptors (Lipinski definition) is 1. The summed E-state index contributed by atoms with van der Waals surface area (Å²) in [6.07, 6.45) is 4.94. The van der Waals surface area contributed by atoms with Gasteiger partial charge in [-0.15, -0.1) is 0 Å². The molecule has 0 unspecified atom stereocenters. The zero-order valence-electron chi connectivity index (χ0n) is 7.34. The monoisotopic (exact) mass is 152 g/mol.